The number of Topliss-reactive ketones (excluding diaryl/α,β-unsaturated/α-hetero) is 1. The number of carbonyl (C=O) groups is 1. The Morgan fingerprint density at radius 3 is 2.69 bits per heavy atom. The zero-order valence-electron chi connectivity index (χ0n) is 8.81. The van der Waals surface area contributed by atoms with E-state index in [2.05, 4.69) is 13.0 Å². The van der Waals surface area contributed by atoms with Gasteiger partial charge >= 0.3 is 0 Å². The van der Waals surface area contributed by atoms with Crippen LogP contribution in [0.25, 0.3) is 0 Å². The van der Waals surface area contributed by atoms with Gasteiger partial charge in [0.15, 0.2) is 5.78 Å². The first kappa shape index (κ1) is 10.5. The molecule has 0 saturated heterocycles. The molecule has 0 saturated carbocycles. The van der Waals surface area contributed by atoms with Crippen molar-refractivity contribution in [2.45, 2.75) is 52.4 Å². The fourth-order valence-corrected chi connectivity index (χ4v) is 1.81. The van der Waals surface area contributed by atoms with Crippen molar-refractivity contribution in [1.82, 2.24) is 0 Å². The SMILES string of the molecule is CCCCCCC1=CCC(C)C1=O. The van der Waals surface area contributed by atoms with Crippen molar-refractivity contribution in [3.8, 4) is 0 Å². The lowest BCUT2D eigenvalue weighted by Crippen LogP contribution is -2.05. The Kier molecular flexibility index (Phi) is 4.20. The molecule has 1 atom stereocenters. The minimum absolute atomic E-state index is 0.265. The van der Waals surface area contributed by atoms with Gasteiger partial charge in [0, 0.05) is 5.92 Å². The van der Waals surface area contributed by atoms with Gasteiger partial charge in [-0.1, -0.05) is 39.2 Å². The van der Waals surface area contributed by atoms with E-state index < -0.39 is 0 Å². The van der Waals surface area contributed by atoms with Crippen LogP contribution in [-0.2, 0) is 4.79 Å². The molecule has 0 amide bonds. The topological polar surface area (TPSA) is 17.1 Å². The van der Waals surface area contributed by atoms with Gasteiger partial charge < -0.3 is 0 Å². The number of hydrogen-bond acceptors (Lipinski definition) is 1. The molecule has 0 N–H and O–H groups in total. The van der Waals surface area contributed by atoms with Crippen molar-refractivity contribution in [3.63, 3.8) is 0 Å². The third-order valence-corrected chi connectivity index (χ3v) is 2.78. The molecule has 0 radical (unpaired) electrons. The van der Waals surface area contributed by atoms with E-state index in [0.717, 1.165) is 18.4 Å². The third kappa shape index (κ3) is 2.98. The van der Waals surface area contributed by atoms with E-state index >= 15 is 0 Å². The van der Waals surface area contributed by atoms with Gasteiger partial charge in [0.1, 0.15) is 0 Å². The molecule has 0 bridgehead atoms. The first-order valence-electron chi connectivity index (χ1n) is 5.49. The molecular formula is C12H20O. The largest absolute Gasteiger partial charge is 0.294 e. The van der Waals surface area contributed by atoms with Gasteiger partial charge in [-0.15, -0.1) is 0 Å². The fraction of sp³-hybridized carbons (Fsp3) is 0.750. The fourth-order valence-electron chi connectivity index (χ4n) is 1.81. The first-order valence-corrected chi connectivity index (χ1v) is 5.49. The summed E-state index contributed by atoms with van der Waals surface area (Å²) in [5.41, 5.74) is 1.10. The van der Waals surface area contributed by atoms with Crippen LogP contribution in [0.3, 0.4) is 0 Å². The van der Waals surface area contributed by atoms with Crippen LogP contribution in [0.5, 0.6) is 0 Å². The Morgan fingerprint density at radius 1 is 1.38 bits per heavy atom. The average molecular weight is 180 g/mol. The monoisotopic (exact) mass is 180 g/mol. The van der Waals surface area contributed by atoms with Gasteiger partial charge in [-0.25, -0.2) is 0 Å². The Bertz CT molecular complexity index is 203. The van der Waals surface area contributed by atoms with Gasteiger partial charge in [-0.3, -0.25) is 4.79 Å². The lowest BCUT2D eigenvalue weighted by molar-refractivity contribution is -0.118. The zero-order chi connectivity index (χ0) is 9.68. The highest BCUT2D eigenvalue weighted by Gasteiger charge is 2.21. The molecule has 0 spiro atoms. The molecule has 1 heteroatoms. The van der Waals surface area contributed by atoms with E-state index in [4.69, 9.17) is 0 Å². The van der Waals surface area contributed by atoms with E-state index in [0.29, 0.717) is 5.78 Å². The smallest absolute Gasteiger partial charge is 0.161 e. The number of hydrogen-bond donors (Lipinski definition) is 0. The first-order chi connectivity index (χ1) is 6.25. The van der Waals surface area contributed by atoms with Crippen molar-refractivity contribution >= 4 is 5.78 Å². The Morgan fingerprint density at radius 2 is 2.15 bits per heavy atom. The maximum atomic E-state index is 11.5. The summed E-state index contributed by atoms with van der Waals surface area (Å²) >= 11 is 0. The maximum Gasteiger partial charge on any atom is 0.161 e. The molecule has 1 nitrogen and oxygen atoms in total. The molecule has 1 unspecified atom stereocenters. The number of carbonyl (C=O) groups excluding carboxylic acids is 1. The Hall–Kier alpha value is -0.590. The molecule has 74 valence electrons. The molecule has 0 fully saturated rings. The molecule has 13 heavy (non-hydrogen) atoms. The number of allylic oxidation sites excluding steroid dienone is 2. The van der Waals surface area contributed by atoms with Crippen molar-refractivity contribution in [2.75, 3.05) is 0 Å². The predicted molar refractivity (Wildman–Crippen MR) is 55.6 cm³/mol. The second kappa shape index (κ2) is 5.21. The lowest BCUT2D eigenvalue weighted by Gasteiger charge is -2.02. The predicted octanol–water partition coefficient (Wildman–Crippen LogP) is 3.49. The molecule has 0 aromatic heterocycles. The summed E-state index contributed by atoms with van der Waals surface area (Å²) in [7, 11) is 0. The highest BCUT2D eigenvalue weighted by Crippen LogP contribution is 2.24. The number of unbranched alkanes of at least 4 members (excludes halogenated alkanes) is 3. The summed E-state index contributed by atoms with van der Waals surface area (Å²) in [4.78, 5) is 11.5. The van der Waals surface area contributed by atoms with E-state index in [1.165, 1.54) is 25.7 Å². The summed E-state index contributed by atoms with van der Waals surface area (Å²) in [6.45, 7) is 4.24. The Labute approximate surface area is 81.2 Å². The number of rotatable bonds is 5. The highest BCUT2D eigenvalue weighted by atomic mass is 16.1. The van der Waals surface area contributed by atoms with Crippen LogP contribution in [0.15, 0.2) is 11.6 Å². The summed E-state index contributed by atoms with van der Waals surface area (Å²) in [6, 6.07) is 0. The van der Waals surface area contributed by atoms with Crippen LogP contribution >= 0.6 is 0 Å². The van der Waals surface area contributed by atoms with Crippen LogP contribution < -0.4 is 0 Å². The standard InChI is InChI=1S/C12H20O/c1-3-4-5-6-7-11-9-8-10(2)12(11)13/h9-10H,3-8H2,1-2H3. The van der Waals surface area contributed by atoms with Gasteiger partial charge in [0.2, 0.25) is 0 Å². The lowest BCUT2D eigenvalue weighted by atomic mass is 10.0. The van der Waals surface area contributed by atoms with Gasteiger partial charge in [0.25, 0.3) is 0 Å². The van der Waals surface area contributed by atoms with Gasteiger partial charge in [-0.2, -0.15) is 0 Å². The minimum atomic E-state index is 0.265. The normalized spacial score (nSPS) is 22.2. The van der Waals surface area contributed by atoms with Crippen LogP contribution in [0, 0.1) is 5.92 Å². The van der Waals surface area contributed by atoms with E-state index in [-0.39, 0.29) is 5.92 Å². The second-order valence-electron chi connectivity index (χ2n) is 4.04. The van der Waals surface area contributed by atoms with E-state index in [9.17, 15) is 4.79 Å². The van der Waals surface area contributed by atoms with Crippen molar-refractivity contribution in [3.05, 3.63) is 11.6 Å². The van der Waals surface area contributed by atoms with Gasteiger partial charge in [-0.05, 0) is 24.8 Å². The highest BCUT2D eigenvalue weighted by molar-refractivity contribution is 5.99. The molecule has 0 heterocycles. The molecule has 1 aliphatic rings. The average Bonchev–Trinajstić information content (AvgIpc) is 2.43. The van der Waals surface area contributed by atoms with Crippen LogP contribution in [-0.4, -0.2) is 5.78 Å². The summed E-state index contributed by atoms with van der Waals surface area (Å²) in [6.07, 6.45) is 9.16. The molecule has 0 aromatic rings. The summed E-state index contributed by atoms with van der Waals surface area (Å²) in [5, 5.41) is 0. The van der Waals surface area contributed by atoms with Gasteiger partial charge in [0.05, 0.1) is 0 Å². The maximum absolute atomic E-state index is 11.5. The van der Waals surface area contributed by atoms with Crippen molar-refractivity contribution in [1.29, 1.82) is 0 Å². The second-order valence-corrected chi connectivity index (χ2v) is 4.04. The molecule has 1 aliphatic carbocycles. The van der Waals surface area contributed by atoms with Crippen molar-refractivity contribution < 1.29 is 4.79 Å². The molecule has 0 aliphatic heterocycles. The van der Waals surface area contributed by atoms with Crippen molar-refractivity contribution in [2.24, 2.45) is 5.92 Å². The quantitative estimate of drug-likeness (QED) is 0.592. The molecule has 0 aromatic carbocycles. The minimum Gasteiger partial charge on any atom is -0.294 e. The van der Waals surface area contributed by atoms with E-state index in [1.54, 1.807) is 0 Å². The molecular weight excluding hydrogens is 160 g/mol. The zero-order valence-corrected chi connectivity index (χ0v) is 8.81. The molecule has 1 rings (SSSR count). The summed E-state index contributed by atoms with van der Waals surface area (Å²) in [5.74, 6) is 0.665. The van der Waals surface area contributed by atoms with E-state index in [1.807, 2.05) is 6.92 Å². The summed E-state index contributed by atoms with van der Waals surface area (Å²) < 4.78 is 0. The Balaban J connectivity index is 2.19. The number of ketones is 1. The van der Waals surface area contributed by atoms with Crippen LogP contribution in [0.2, 0.25) is 0 Å². The van der Waals surface area contributed by atoms with Crippen LogP contribution in [0.4, 0.5) is 0 Å². The van der Waals surface area contributed by atoms with Crippen LogP contribution in [0.1, 0.15) is 52.4 Å². The third-order valence-electron chi connectivity index (χ3n) is 2.78.